The third-order valence-corrected chi connectivity index (χ3v) is 2.95. The monoisotopic (exact) mass is 256 g/mol. The molecule has 0 radical (unpaired) electrons. The average Bonchev–Trinajstić information content (AvgIpc) is 2.47. The second-order valence-corrected chi connectivity index (χ2v) is 4.11. The van der Waals surface area contributed by atoms with Gasteiger partial charge in [0.05, 0.1) is 19.8 Å². The highest BCUT2D eigenvalue weighted by Crippen LogP contribution is 2.23. The number of ketones is 1. The van der Waals surface area contributed by atoms with Crippen molar-refractivity contribution < 1.29 is 14.3 Å². The van der Waals surface area contributed by atoms with Crippen molar-refractivity contribution in [2.24, 2.45) is 0 Å². The summed E-state index contributed by atoms with van der Waals surface area (Å²) in [5.74, 6) is 1.34. The van der Waals surface area contributed by atoms with Crippen molar-refractivity contribution in [2.45, 2.75) is 6.42 Å². The van der Waals surface area contributed by atoms with E-state index in [4.69, 9.17) is 9.47 Å². The lowest BCUT2D eigenvalue weighted by Gasteiger charge is -2.09. The molecule has 0 aliphatic rings. The van der Waals surface area contributed by atoms with Gasteiger partial charge < -0.3 is 9.47 Å². The maximum absolute atomic E-state index is 12.3. The number of hydrogen-bond donors (Lipinski definition) is 0. The quantitative estimate of drug-likeness (QED) is 0.771. The van der Waals surface area contributed by atoms with E-state index in [1.807, 2.05) is 36.4 Å². The standard InChI is InChI=1S/C16H16O3/c1-18-15-9-5-3-7-12(15)11-14(17)13-8-4-6-10-16(13)19-2/h3-10H,11H2,1-2H3. The van der Waals surface area contributed by atoms with Gasteiger partial charge in [0.15, 0.2) is 5.78 Å². The number of Topliss-reactive ketones (excluding diaryl/α,β-unsaturated/α-hetero) is 1. The minimum absolute atomic E-state index is 0.0157. The fourth-order valence-electron chi connectivity index (χ4n) is 1.99. The van der Waals surface area contributed by atoms with Crippen molar-refractivity contribution in [2.75, 3.05) is 14.2 Å². The average molecular weight is 256 g/mol. The number of rotatable bonds is 5. The number of ether oxygens (including phenoxy) is 2. The highest BCUT2D eigenvalue weighted by atomic mass is 16.5. The fourth-order valence-corrected chi connectivity index (χ4v) is 1.99. The summed E-state index contributed by atoms with van der Waals surface area (Å²) < 4.78 is 10.5. The lowest BCUT2D eigenvalue weighted by Crippen LogP contribution is -2.06. The van der Waals surface area contributed by atoms with Gasteiger partial charge in [-0.3, -0.25) is 4.79 Å². The summed E-state index contributed by atoms with van der Waals surface area (Å²) in [6.45, 7) is 0. The molecule has 0 amide bonds. The maximum Gasteiger partial charge on any atom is 0.171 e. The first kappa shape index (κ1) is 13.1. The summed E-state index contributed by atoms with van der Waals surface area (Å²) in [5.41, 5.74) is 1.47. The molecular formula is C16H16O3. The van der Waals surface area contributed by atoms with Gasteiger partial charge in [0, 0.05) is 12.0 Å². The number of hydrogen-bond acceptors (Lipinski definition) is 3. The Hall–Kier alpha value is -2.29. The Labute approximate surface area is 112 Å². The number of benzene rings is 2. The molecular weight excluding hydrogens is 240 g/mol. The van der Waals surface area contributed by atoms with Gasteiger partial charge in [-0.15, -0.1) is 0 Å². The van der Waals surface area contributed by atoms with Crippen molar-refractivity contribution in [3.8, 4) is 11.5 Å². The predicted octanol–water partition coefficient (Wildman–Crippen LogP) is 3.13. The Balaban J connectivity index is 2.26. The van der Waals surface area contributed by atoms with Gasteiger partial charge in [0.2, 0.25) is 0 Å². The van der Waals surface area contributed by atoms with Gasteiger partial charge in [-0.05, 0) is 18.2 Å². The van der Waals surface area contributed by atoms with Crippen LogP contribution in [0, 0.1) is 0 Å². The molecule has 0 N–H and O–H groups in total. The SMILES string of the molecule is COc1ccccc1CC(=O)c1ccccc1OC. The predicted molar refractivity (Wildman–Crippen MR) is 74.0 cm³/mol. The van der Waals surface area contributed by atoms with Gasteiger partial charge in [-0.25, -0.2) is 0 Å². The zero-order valence-corrected chi connectivity index (χ0v) is 11.1. The van der Waals surface area contributed by atoms with Crippen LogP contribution in [0.3, 0.4) is 0 Å². The van der Waals surface area contributed by atoms with Gasteiger partial charge in [-0.1, -0.05) is 30.3 Å². The molecule has 98 valence electrons. The van der Waals surface area contributed by atoms with E-state index in [2.05, 4.69) is 0 Å². The van der Waals surface area contributed by atoms with Gasteiger partial charge >= 0.3 is 0 Å². The van der Waals surface area contributed by atoms with Crippen molar-refractivity contribution >= 4 is 5.78 Å². The molecule has 0 saturated heterocycles. The van der Waals surface area contributed by atoms with Crippen LogP contribution in [-0.2, 0) is 6.42 Å². The van der Waals surface area contributed by atoms with Crippen LogP contribution in [0.4, 0.5) is 0 Å². The third kappa shape index (κ3) is 2.94. The van der Waals surface area contributed by atoms with Crippen LogP contribution < -0.4 is 9.47 Å². The van der Waals surface area contributed by atoms with E-state index in [-0.39, 0.29) is 5.78 Å². The first-order valence-corrected chi connectivity index (χ1v) is 6.04. The summed E-state index contributed by atoms with van der Waals surface area (Å²) in [6, 6.07) is 14.8. The zero-order valence-electron chi connectivity index (χ0n) is 11.1. The number of para-hydroxylation sites is 2. The molecule has 2 aromatic rings. The Morgan fingerprint density at radius 2 is 1.47 bits per heavy atom. The van der Waals surface area contributed by atoms with E-state index in [1.165, 1.54) is 0 Å². The second kappa shape index (κ2) is 6.05. The molecule has 0 atom stereocenters. The van der Waals surface area contributed by atoms with Crippen LogP contribution in [-0.4, -0.2) is 20.0 Å². The molecule has 0 aromatic heterocycles. The molecule has 19 heavy (non-hydrogen) atoms. The Kier molecular flexibility index (Phi) is 4.18. The van der Waals surface area contributed by atoms with Crippen molar-refractivity contribution in [3.63, 3.8) is 0 Å². The fraction of sp³-hybridized carbons (Fsp3) is 0.188. The summed E-state index contributed by atoms with van der Waals surface area (Å²) >= 11 is 0. The number of carbonyl (C=O) groups excluding carboxylic acids is 1. The molecule has 0 spiro atoms. The molecule has 0 fully saturated rings. The van der Waals surface area contributed by atoms with Crippen molar-refractivity contribution in [3.05, 3.63) is 59.7 Å². The van der Waals surface area contributed by atoms with Crippen LogP contribution in [0.2, 0.25) is 0 Å². The van der Waals surface area contributed by atoms with Crippen LogP contribution in [0.1, 0.15) is 15.9 Å². The van der Waals surface area contributed by atoms with Crippen LogP contribution in [0.25, 0.3) is 0 Å². The summed E-state index contributed by atoms with van der Waals surface area (Å²) in [5, 5.41) is 0. The van der Waals surface area contributed by atoms with E-state index in [0.29, 0.717) is 17.7 Å². The second-order valence-electron chi connectivity index (χ2n) is 4.11. The highest BCUT2D eigenvalue weighted by Gasteiger charge is 2.14. The van der Waals surface area contributed by atoms with Crippen molar-refractivity contribution in [1.82, 2.24) is 0 Å². The Morgan fingerprint density at radius 1 is 0.895 bits per heavy atom. The minimum Gasteiger partial charge on any atom is -0.496 e. The summed E-state index contributed by atoms with van der Waals surface area (Å²) in [6.07, 6.45) is 0.296. The molecule has 2 aromatic carbocycles. The van der Waals surface area contributed by atoms with Crippen LogP contribution in [0.15, 0.2) is 48.5 Å². The molecule has 3 heteroatoms. The van der Waals surface area contributed by atoms with Crippen LogP contribution in [0.5, 0.6) is 11.5 Å². The maximum atomic E-state index is 12.3. The van der Waals surface area contributed by atoms with Gasteiger partial charge in [0.1, 0.15) is 11.5 Å². The lowest BCUT2D eigenvalue weighted by atomic mass is 10.0. The van der Waals surface area contributed by atoms with E-state index in [0.717, 1.165) is 11.3 Å². The number of methoxy groups -OCH3 is 2. The van der Waals surface area contributed by atoms with E-state index in [1.54, 1.807) is 26.4 Å². The van der Waals surface area contributed by atoms with Gasteiger partial charge in [0.25, 0.3) is 0 Å². The topological polar surface area (TPSA) is 35.5 Å². The Morgan fingerprint density at radius 3 is 2.16 bits per heavy atom. The molecule has 0 aliphatic carbocycles. The van der Waals surface area contributed by atoms with Crippen molar-refractivity contribution in [1.29, 1.82) is 0 Å². The highest BCUT2D eigenvalue weighted by molar-refractivity contribution is 6.00. The molecule has 0 heterocycles. The molecule has 0 bridgehead atoms. The molecule has 3 nitrogen and oxygen atoms in total. The molecule has 0 aliphatic heterocycles. The molecule has 2 rings (SSSR count). The van der Waals surface area contributed by atoms with Crippen LogP contribution >= 0.6 is 0 Å². The van der Waals surface area contributed by atoms with E-state index < -0.39 is 0 Å². The Bertz CT molecular complexity index is 576. The summed E-state index contributed by atoms with van der Waals surface area (Å²) in [4.78, 5) is 12.3. The molecule has 0 saturated carbocycles. The largest absolute Gasteiger partial charge is 0.496 e. The molecule has 0 unspecified atom stereocenters. The minimum atomic E-state index is 0.0157. The third-order valence-electron chi connectivity index (χ3n) is 2.95. The smallest absolute Gasteiger partial charge is 0.171 e. The normalized spacial score (nSPS) is 10.0. The van der Waals surface area contributed by atoms with Gasteiger partial charge in [-0.2, -0.15) is 0 Å². The van der Waals surface area contributed by atoms with E-state index >= 15 is 0 Å². The first-order chi connectivity index (χ1) is 9.26. The summed E-state index contributed by atoms with van der Waals surface area (Å²) in [7, 11) is 3.17. The lowest BCUT2D eigenvalue weighted by molar-refractivity contribution is 0.0989. The first-order valence-electron chi connectivity index (χ1n) is 6.04. The van der Waals surface area contributed by atoms with E-state index in [9.17, 15) is 4.79 Å². The zero-order chi connectivity index (χ0) is 13.7. The number of carbonyl (C=O) groups is 1.